The lowest BCUT2D eigenvalue weighted by atomic mass is 9.86. The van der Waals surface area contributed by atoms with E-state index in [1.165, 1.54) is 57.4 Å². The van der Waals surface area contributed by atoms with Crippen LogP contribution in [0.4, 0.5) is 0 Å². The van der Waals surface area contributed by atoms with E-state index in [-0.39, 0.29) is 0 Å². The fourth-order valence-corrected chi connectivity index (χ4v) is 4.11. The zero-order valence-corrected chi connectivity index (χ0v) is 12.8. The highest BCUT2D eigenvalue weighted by molar-refractivity contribution is 5.06. The van der Waals surface area contributed by atoms with E-state index in [1.807, 2.05) is 17.3 Å². The molecule has 2 atom stereocenters. The third kappa shape index (κ3) is 3.58. The standard InChI is InChI=1S/C17H27N3/c1-15-4-2-6-17(12-15)20-10-8-19(9-11-20)14-16-5-3-7-18-13-16/h3,5,7,13,15,17H,2,4,6,8-12,14H2,1H3/p+2/t15-,17-/m1/s1. The fourth-order valence-electron chi connectivity index (χ4n) is 4.11. The van der Waals surface area contributed by atoms with Gasteiger partial charge in [0.15, 0.2) is 0 Å². The first-order valence-electron chi connectivity index (χ1n) is 8.38. The summed E-state index contributed by atoms with van der Waals surface area (Å²) in [6, 6.07) is 5.22. The van der Waals surface area contributed by atoms with Crippen molar-refractivity contribution in [3.05, 3.63) is 30.1 Å². The molecule has 1 aliphatic heterocycles. The number of hydrogen-bond acceptors (Lipinski definition) is 1. The number of nitrogens with one attached hydrogen (secondary N) is 2. The molecule has 1 aromatic heterocycles. The Bertz CT molecular complexity index is 398. The molecule has 2 aliphatic rings. The summed E-state index contributed by atoms with van der Waals surface area (Å²) in [6.45, 7) is 8.99. The van der Waals surface area contributed by atoms with Crippen LogP contribution in [0.1, 0.15) is 38.2 Å². The van der Waals surface area contributed by atoms with Gasteiger partial charge in [-0.25, -0.2) is 0 Å². The van der Waals surface area contributed by atoms with Crippen molar-refractivity contribution in [2.45, 2.75) is 45.2 Å². The lowest BCUT2D eigenvalue weighted by molar-refractivity contribution is -1.03. The largest absolute Gasteiger partial charge is 0.323 e. The van der Waals surface area contributed by atoms with Crippen molar-refractivity contribution in [3.8, 4) is 0 Å². The molecule has 3 rings (SSSR count). The first-order chi connectivity index (χ1) is 9.81. The highest BCUT2D eigenvalue weighted by atomic mass is 15.3. The lowest BCUT2D eigenvalue weighted by Crippen LogP contribution is -3.29. The maximum absolute atomic E-state index is 4.23. The van der Waals surface area contributed by atoms with Gasteiger partial charge in [-0.3, -0.25) is 4.98 Å². The quantitative estimate of drug-likeness (QED) is 0.793. The first kappa shape index (κ1) is 14.0. The maximum atomic E-state index is 4.23. The maximum Gasteiger partial charge on any atom is 0.127 e. The van der Waals surface area contributed by atoms with Crippen molar-refractivity contribution >= 4 is 0 Å². The molecule has 0 bridgehead atoms. The van der Waals surface area contributed by atoms with Crippen LogP contribution in [0.2, 0.25) is 0 Å². The number of piperazine rings is 1. The van der Waals surface area contributed by atoms with E-state index in [2.05, 4.69) is 24.0 Å². The van der Waals surface area contributed by atoms with E-state index >= 15 is 0 Å². The average Bonchev–Trinajstić information content (AvgIpc) is 2.49. The van der Waals surface area contributed by atoms with E-state index in [9.17, 15) is 0 Å². The number of rotatable bonds is 3. The van der Waals surface area contributed by atoms with Gasteiger partial charge in [0.2, 0.25) is 0 Å². The second-order valence-corrected chi connectivity index (χ2v) is 6.91. The van der Waals surface area contributed by atoms with Crippen molar-refractivity contribution in [3.63, 3.8) is 0 Å². The topological polar surface area (TPSA) is 21.8 Å². The predicted octanol–water partition coefficient (Wildman–Crippen LogP) is -0.0563. The molecule has 3 nitrogen and oxygen atoms in total. The van der Waals surface area contributed by atoms with E-state index < -0.39 is 0 Å². The minimum Gasteiger partial charge on any atom is -0.323 e. The first-order valence-corrected chi connectivity index (χ1v) is 8.38. The van der Waals surface area contributed by atoms with Crippen molar-refractivity contribution in [1.82, 2.24) is 4.98 Å². The zero-order valence-electron chi connectivity index (χ0n) is 12.8. The van der Waals surface area contributed by atoms with Gasteiger partial charge in [0.1, 0.15) is 32.7 Å². The number of quaternary nitrogens is 2. The second kappa shape index (κ2) is 6.68. The summed E-state index contributed by atoms with van der Waals surface area (Å²) in [5, 5.41) is 0. The monoisotopic (exact) mass is 275 g/mol. The van der Waals surface area contributed by atoms with Gasteiger partial charge in [-0.15, -0.1) is 0 Å². The van der Waals surface area contributed by atoms with Gasteiger partial charge in [0.05, 0.1) is 6.04 Å². The van der Waals surface area contributed by atoms with Crippen molar-refractivity contribution in [2.75, 3.05) is 26.2 Å². The lowest BCUT2D eigenvalue weighted by Gasteiger charge is -2.37. The van der Waals surface area contributed by atoms with Gasteiger partial charge >= 0.3 is 0 Å². The van der Waals surface area contributed by atoms with Crippen LogP contribution in [0.5, 0.6) is 0 Å². The molecule has 1 aromatic rings. The van der Waals surface area contributed by atoms with Gasteiger partial charge in [-0.05, 0) is 24.8 Å². The van der Waals surface area contributed by atoms with Crippen LogP contribution in [0.25, 0.3) is 0 Å². The molecule has 3 heteroatoms. The van der Waals surface area contributed by atoms with Gasteiger partial charge in [0, 0.05) is 24.4 Å². The molecule has 20 heavy (non-hydrogen) atoms. The smallest absolute Gasteiger partial charge is 0.127 e. The SMILES string of the molecule is C[C@@H]1CCC[C@@H]([NH+]2CC[NH+](Cc3cccnc3)CC2)C1. The average molecular weight is 275 g/mol. The Balaban J connectivity index is 1.47. The molecule has 0 amide bonds. The Morgan fingerprint density at radius 2 is 2.05 bits per heavy atom. The Labute approximate surface area is 123 Å². The van der Waals surface area contributed by atoms with Gasteiger partial charge < -0.3 is 9.80 Å². The molecule has 1 saturated carbocycles. The summed E-state index contributed by atoms with van der Waals surface area (Å²) >= 11 is 0. The van der Waals surface area contributed by atoms with E-state index in [4.69, 9.17) is 0 Å². The molecule has 0 aromatic carbocycles. The Morgan fingerprint density at radius 3 is 2.75 bits per heavy atom. The molecule has 2 fully saturated rings. The molecule has 1 saturated heterocycles. The van der Waals surface area contributed by atoms with E-state index in [0.717, 1.165) is 18.5 Å². The molecule has 2 N–H and O–H groups in total. The Hall–Kier alpha value is -0.930. The molecule has 110 valence electrons. The van der Waals surface area contributed by atoms with E-state index in [1.54, 1.807) is 4.90 Å². The number of nitrogens with zero attached hydrogens (tertiary/aromatic N) is 1. The fraction of sp³-hybridized carbons (Fsp3) is 0.706. The Morgan fingerprint density at radius 1 is 1.20 bits per heavy atom. The van der Waals surface area contributed by atoms with Crippen LogP contribution >= 0.6 is 0 Å². The second-order valence-electron chi connectivity index (χ2n) is 6.91. The number of aromatic nitrogens is 1. The highest BCUT2D eigenvalue weighted by Crippen LogP contribution is 2.21. The number of hydrogen-bond donors (Lipinski definition) is 2. The zero-order chi connectivity index (χ0) is 13.8. The molecule has 0 spiro atoms. The minimum atomic E-state index is 0.957. The van der Waals surface area contributed by atoms with E-state index in [0.29, 0.717) is 0 Å². The van der Waals surface area contributed by atoms with Crippen molar-refractivity contribution < 1.29 is 9.80 Å². The van der Waals surface area contributed by atoms with Crippen LogP contribution < -0.4 is 9.80 Å². The van der Waals surface area contributed by atoms with Crippen LogP contribution in [-0.2, 0) is 6.54 Å². The van der Waals surface area contributed by atoms with Crippen LogP contribution in [0, 0.1) is 5.92 Å². The van der Waals surface area contributed by atoms with Crippen molar-refractivity contribution in [1.29, 1.82) is 0 Å². The van der Waals surface area contributed by atoms with Crippen LogP contribution in [-0.4, -0.2) is 37.2 Å². The normalized spacial score (nSPS) is 34.9. The summed E-state index contributed by atoms with van der Waals surface area (Å²) < 4.78 is 0. The highest BCUT2D eigenvalue weighted by Gasteiger charge is 2.32. The minimum absolute atomic E-state index is 0.957. The summed E-state index contributed by atoms with van der Waals surface area (Å²) in [4.78, 5) is 7.86. The molecule has 2 heterocycles. The van der Waals surface area contributed by atoms with Gasteiger partial charge in [-0.1, -0.05) is 19.4 Å². The summed E-state index contributed by atoms with van der Waals surface area (Å²) in [7, 11) is 0. The molecule has 0 unspecified atom stereocenters. The third-order valence-electron chi connectivity index (χ3n) is 5.29. The molecule has 0 radical (unpaired) electrons. The van der Waals surface area contributed by atoms with Gasteiger partial charge in [-0.2, -0.15) is 0 Å². The summed E-state index contributed by atoms with van der Waals surface area (Å²) in [5.74, 6) is 0.960. The van der Waals surface area contributed by atoms with Crippen molar-refractivity contribution in [2.24, 2.45) is 5.92 Å². The molecular weight excluding hydrogens is 246 g/mol. The summed E-state index contributed by atoms with van der Waals surface area (Å²) in [6.07, 6.45) is 9.74. The predicted molar refractivity (Wildman–Crippen MR) is 80.8 cm³/mol. The van der Waals surface area contributed by atoms with Crippen LogP contribution in [0.15, 0.2) is 24.5 Å². The molecular formula is C17H29N3+2. The summed E-state index contributed by atoms with van der Waals surface area (Å²) in [5.41, 5.74) is 1.39. The third-order valence-corrected chi connectivity index (χ3v) is 5.29. The van der Waals surface area contributed by atoms with Gasteiger partial charge in [0.25, 0.3) is 0 Å². The molecule has 1 aliphatic carbocycles. The van der Waals surface area contributed by atoms with Crippen LogP contribution in [0.3, 0.4) is 0 Å². The number of pyridine rings is 1. The Kier molecular flexibility index (Phi) is 4.69.